The van der Waals surface area contributed by atoms with Gasteiger partial charge in [0.2, 0.25) is 0 Å². The molecule has 0 aliphatic carbocycles. The third kappa shape index (κ3) is 3.72. The molecule has 2 nitrogen and oxygen atoms in total. The first-order chi connectivity index (χ1) is 21.3. The van der Waals surface area contributed by atoms with Gasteiger partial charge in [0.15, 0.2) is 5.58 Å². The standard InChI is InChI=1S/C40H25NOS/c1-2-13-26(14-3-1)28-18-6-9-21-33(28)41(34-22-12-16-27-15-4-5-17-29(27)34)35-25-32-30-19-8-11-24-37(30)43-40(32)39-38(35)31-20-7-10-23-36(31)42-39/h1-25H. The van der Waals surface area contributed by atoms with Crippen LogP contribution in [-0.2, 0) is 0 Å². The van der Waals surface area contributed by atoms with Gasteiger partial charge in [-0.25, -0.2) is 0 Å². The molecule has 0 saturated carbocycles. The number of nitrogens with zero attached hydrogens (tertiary/aromatic N) is 1. The van der Waals surface area contributed by atoms with E-state index >= 15 is 0 Å². The van der Waals surface area contributed by atoms with Crippen molar-refractivity contribution in [2.45, 2.75) is 0 Å². The Bertz CT molecular complexity index is 2460. The van der Waals surface area contributed by atoms with Gasteiger partial charge in [-0.2, -0.15) is 0 Å². The van der Waals surface area contributed by atoms with Gasteiger partial charge in [-0.3, -0.25) is 0 Å². The van der Waals surface area contributed by atoms with Crippen molar-refractivity contribution in [2.75, 3.05) is 4.90 Å². The van der Waals surface area contributed by atoms with Gasteiger partial charge in [0.1, 0.15) is 5.58 Å². The maximum Gasteiger partial charge on any atom is 0.155 e. The van der Waals surface area contributed by atoms with E-state index in [1.54, 1.807) is 0 Å². The molecule has 3 heteroatoms. The molecule has 202 valence electrons. The van der Waals surface area contributed by atoms with E-state index < -0.39 is 0 Å². The zero-order chi connectivity index (χ0) is 28.3. The summed E-state index contributed by atoms with van der Waals surface area (Å²) in [4.78, 5) is 2.46. The molecule has 2 heterocycles. The van der Waals surface area contributed by atoms with Crippen LogP contribution < -0.4 is 4.90 Å². The van der Waals surface area contributed by atoms with Crippen molar-refractivity contribution in [2.24, 2.45) is 0 Å². The number of furan rings is 1. The number of anilines is 3. The lowest BCUT2D eigenvalue weighted by atomic mass is 9.99. The Morgan fingerprint density at radius 3 is 2.07 bits per heavy atom. The van der Waals surface area contributed by atoms with Crippen LogP contribution in [0, 0.1) is 0 Å². The molecular formula is C40H25NOS. The van der Waals surface area contributed by atoms with E-state index in [2.05, 4.69) is 157 Å². The van der Waals surface area contributed by atoms with Crippen LogP contribution in [0.3, 0.4) is 0 Å². The fourth-order valence-corrected chi connectivity index (χ4v) is 7.72. The summed E-state index contributed by atoms with van der Waals surface area (Å²) in [6, 6.07) is 54.2. The topological polar surface area (TPSA) is 16.4 Å². The van der Waals surface area contributed by atoms with E-state index in [1.807, 2.05) is 11.3 Å². The van der Waals surface area contributed by atoms with Crippen LogP contribution >= 0.6 is 11.3 Å². The summed E-state index contributed by atoms with van der Waals surface area (Å²) in [5.74, 6) is 0. The van der Waals surface area contributed by atoms with Crippen LogP contribution in [0.1, 0.15) is 0 Å². The quantitative estimate of drug-likeness (QED) is 0.210. The molecule has 0 N–H and O–H groups in total. The maximum atomic E-state index is 6.74. The van der Waals surface area contributed by atoms with Gasteiger partial charge in [0.25, 0.3) is 0 Å². The van der Waals surface area contributed by atoms with Crippen molar-refractivity contribution in [3.05, 3.63) is 152 Å². The first-order valence-corrected chi connectivity index (χ1v) is 15.3. The molecule has 0 fully saturated rings. The molecule has 0 bridgehead atoms. The lowest BCUT2D eigenvalue weighted by Crippen LogP contribution is -2.12. The van der Waals surface area contributed by atoms with Gasteiger partial charge < -0.3 is 9.32 Å². The van der Waals surface area contributed by atoms with Crippen molar-refractivity contribution in [1.82, 2.24) is 0 Å². The SMILES string of the molecule is c1ccc(-c2ccccc2N(c2cccc3ccccc23)c2cc3c4ccccc4sc3c3oc4ccccc4c23)cc1. The van der Waals surface area contributed by atoms with Gasteiger partial charge >= 0.3 is 0 Å². The van der Waals surface area contributed by atoms with Crippen LogP contribution in [0.5, 0.6) is 0 Å². The van der Waals surface area contributed by atoms with Gasteiger partial charge in [0, 0.05) is 31.8 Å². The highest BCUT2D eigenvalue weighted by molar-refractivity contribution is 7.26. The Hall–Kier alpha value is -5.38. The number of benzene rings is 7. The molecule has 0 saturated heterocycles. The number of rotatable bonds is 4. The van der Waals surface area contributed by atoms with Crippen molar-refractivity contribution >= 4 is 81.3 Å². The number of hydrogen-bond donors (Lipinski definition) is 0. The summed E-state index contributed by atoms with van der Waals surface area (Å²) < 4.78 is 9.19. The van der Waals surface area contributed by atoms with E-state index in [1.165, 1.54) is 42.1 Å². The second-order valence-corrected chi connectivity index (χ2v) is 11.9. The summed E-state index contributed by atoms with van der Waals surface area (Å²) in [6.07, 6.45) is 0. The molecule has 0 spiro atoms. The minimum absolute atomic E-state index is 0.901. The first kappa shape index (κ1) is 24.2. The average Bonchev–Trinajstić information content (AvgIpc) is 3.65. The second kappa shape index (κ2) is 9.59. The van der Waals surface area contributed by atoms with Crippen LogP contribution in [0.2, 0.25) is 0 Å². The molecule has 2 aromatic heterocycles. The second-order valence-electron chi connectivity index (χ2n) is 10.9. The first-order valence-electron chi connectivity index (χ1n) is 14.5. The third-order valence-electron chi connectivity index (χ3n) is 8.45. The largest absolute Gasteiger partial charge is 0.454 e. The smallest absolute Gasteiger partial charge is 0.155 e. The van der Waals surface area contributed by atoms with Crippen molar-refractivity contribution in [3.63, 3.8) is 0 Å². The monoisotopic (exact) mass is 567 g/mol. The van der Waals surface area contributed by atoms with E-state index in [0.29, 0.717) is 0 Å². The third-order valence-corrected chi connectivity index (χ3v) is 9.64. The molecule has 0 radical (unpaired) electrons. The molecule has 0 amide bonds. The molecule has 9 rings (SSSR count). The molecule has 0 atom stereocenters. The van der Waals surface area contributed by atoms with Gasteiger partial charge in [-0.05, 0) is 41.3 Å². The molecule has 0 aliphatic heterocycles. The fraction of sp³-hybridized carbons (Fsp3) is 0. The Morgan fingerprint density at radius 2 is 1.16 bits per heavy atom. The van der Waals surface area contributed by atoms with Crippen LogP contribution in [-0.4, -0.2) is 0 Å². The number of hydrogen-bond acceptors (Lipinski definition) is 3. The van der Waals surface area contributed by atoms with Crippen LogP contribution in [0.4, 0.5) is 17.1 Å². The Balaban J connectivity index is 1.49. The number of thiophene rings is 1. The van der Waals surface area contributed by atoms with Gasteiger partial charge in [-0.15, -0.1) is 11.3 Å². The minimum atomic E-state index is 0.901. The van der Waals surface area contributed by atoms with E-state index in [-0.39, 0.29) is 0 Å². The molecule has 0 aliphatic rings. The Labute approximate surface area is 252 Å². The minimum Gasteiger partial charge on any atom is -0.454 e. The maximum absolute atomic E-state index is 6.74. The van der Waals surface area contributed by atoms with Crippen LogP contribution in [0.15, 0.2) is 156 Å². The molecule has 9 aromatic rings. The zero-order valence-corrected chi connectivity index (χ0v) is 24.0. The summed E-state index contributed by atoms with van der Waals surface area (Å²) in [7, 11) is 0. The van der Waals surface area contributed by atoms with Crippen molar-refractivity contribution in [3.8, 4) is 11.1 Å². The summed E-state index contributed by atoms with van der Waals surface area (Å²) in [5.41, 5.74) is 7.56. The lowest BCUT2D eigenvalue weighted by molar-refractivity contribution is 0.673. The molecule has 0 unspecified atom stereocenters. The van der Waals surface area contributed by atoms with Gasteiger partial charge in [-0.1, -0.05) is 121 Å². The lowest BCUT2D eigenvalue weighted by Gasteiger charge is -2.30. The zero-order valence-electron chi connectivity index (χ0n) is 23.2. The summed E-state index contributed by atoms with van der Waals surface area (Å²) in [5, 5.41) is 7.12. The molecular weight excluding hydrogens is 543 g/mol. The molecule has 7 aromatic carbocycles. The number of para-hydroxylation sites is 2. The van der Waals surface area contributed by atoms with Crippen molar-refractivity contribution in [1.29, 1.82) is 0 Å². The Kier molecular flexibility index (Phi) is 5.40. The predicted molar refractivity (Wildman–Crippen MR) is 184 cm³/mol. The summed E-state index contributed by atoms with van der Waals surface area (Å²) in [6.45, 7) is 0. The fourth-order valence-electron chi connectivity index (χ4n) is 6.55. The summed E-state index contributed by atoms with van der Waals surface area (Å²) >= 11 is 1.81. The Morgan fingerprint density at radius 1 is 0.488 bits per heavy atom. The highest BCUT2D eigenvalue weighted by Gasteiger charge is 2.26. The highest BCUT2D eigenvalue weighted by Crippen LogP contribution is 2.51. The van der Waals surface area contributed by atoms with E-state index in [0.717, 1.165) is 39.0 Å². The normalized spacial score (nSPS) is 11.7. The van der Waals surface area contributed by atoms with Crippen LogP contribution in [0.25, 0.3) is 64.0 Å². The van der Waals surface area contributed by atoms with E-state index in [4.69, 9.17) is 4.42 Å². The van der Waals surface area contributed by atoms with Gasteiger partial charge in [0.05, 0.1) is 27.1 Å². The highest BCUT2D eigenvalue weighted by atomic mass is 32.1. The van der Waals surface area contributed by atoms with Crippen molar-refractivity contribution < 1.29 is 4.42 Å². The average molecular weight is 568 g/mol. The number of fused-ring (bicyclic) bond motifs is 8. The predicted octanol–water partition coefficient (Wildman–Crippen LogP) is 12.2. The van der Waals surface area contributed by atoms with E-state index in [9.17, 15) is 0 Å². The molecule has 43 heavy (non-hydrogen) atoms.